The topological polar surface area (TPSA) is 88.6 Å². The molecule has 1 aliphatic heterocycles. The van der Waals surface area contributed by atoms with Crippen LogP contribution >= 0.6 is 0 Å². The van der Waals surface area contributed by atoms with Gasteiger partial charge in [0, 0.05) is 72.6 Å². The van der Waals surface area contributed by atoms with Crippen LogP contribution in [0.2, 0.25) is 0 Å². The fraction of sp³-hybridized carbons (Fsp3) is 0.667. The molecule has 4 atom stereocenters. The summed E-state index contributed by atoms with van der Waals surface area (Å²) in [5, 5.41) is 38.4. The van der Waals surface area contributed by atoms with E-state index in [1.165, 1.54) is 36.8 Å². The van der Waals surface area contributed by atoms with Crippen LogP contribution < -0.4 is 21.3 Å². The predicted molar refractivity (Wildman–Crippen MR) is 173 cm³/mol. The number of nitrogens with one attached hydrogen (secondary N) is 4. The van der Waals surface area contributed by atoms with Crippen LogP contribution in [0.3, 0.4) is 0 Å². The van der Waals surface area contributed by atoms with Gasteiger partial charge in [0.2, 0.25) is 0 Å². The molecule has 0 unspecified atom stereocenters. The Morgan fingerprint density at radius 1 is 0.476 bits per heavy atom. The molecular formula is C36H56N4O2. The first-order chi connectivity index (χ1) is 19.9. The van der Waals surface area contributed by atoms with Gasteiger partial charge >= 0.3 is 0 Å². The standard InChI is InChI=1S/C36H56N4O2/c1-35(2,3)27-15-23-19-37-29-11-7-9-13-31(29)39-21-25-17-28(36(4,5)6)18-26(34(25)42)22-40-32-14-10-8-12-30(32)38-20-24(16-27)33(23)41/h15-18,29-32,37-42H,7-14,19-22H2,1-6H3/t29-,30-,31-,32-/m1/s1. The summed E-state index contributed by atoms with van der Waals surface area (Å²) in [4.78, 5) is 0. The minimum atomic E-state index is -0.00127. The highest BCUT2D eigenvalue weighted by Gasteiger charge is 2.29. The van der Waals surface area contributed by atoms with Crippen molar-refractivity contribution in [3.8, 4) is 11.5 Å². The van der Waals surface area contributed by atoms with E-state index in [-0.39, 0.29) is 10.8 Å². The zero-order chi connectivity index (χ0) is 30.1. The number of fused-ring (bicyclic) bond motifs is 6. The smallest absolute Gasteiger partial charge is 0.124 e. The Balaban J connectivity index is 1.51. The van der Waals surface area contributed by atoms with Crippen molar-refractivity contribution in [3.05, 3.63) is 57.6 Å². The molecule has 2 aliphatic carbocycles. The molecule has 5 rings (SSSR count). The second-order valence-corrected chi connectivity index (χ2v) is 15.3. The largest absolute Gasteiger partial charge is 0.507 e. The van der Waals surface area contributed by atoms with Crippen LogP contribution in [0.1, 0.15) is 126 Å². The van der Waals surface area contributed by atoms with Crippen molar-refractivity contribution in [3.63, 3.8) is 0 Å². The lowest BCUT2D eigenvalue weighted by Gasteiger charge is -2.35. The van der Waals surface area contributed by atoms with Gasteiger partial charge in [0.25, 0.3) is 0 Å². The maximum Gasteiger partial charge on any atom is 0.124 e. The number of hydrogen-bond donors (Lipinski definition) is 6. The van der Waals surface area contributed by atoms with E-state index in [1.807, 2.05) is 0 Å². The Labute approximate surface area is 254 Å². The molecule has 4 bridgehead atoms. The van der Waals surface area contributed by atoms with Gasteiger partial charge in [-0.1, -0.05) is 91.5 Å². The second-order valence-electron chi connectivity index (χ2n) is 15.3. The molecule has 0 radical (unpaired) electrons. The quantitative estimate of drug-likeness (QED) is 0.218. The minimum Gasteiger partial charge on any atom is -0.507 e. The summed E-state index contributed by atoms with van der Waals surface area (Å²) in [5.74, 6) is 0.860. The van der Waals surface area contributed by atoms with Crippen LogP contribution in [0, 0.1) is 0 Å². The lowest BCUT2D eigenvalue weighted by Crippen LogP contribution is -2.49. The molecule has 6 nitrogen and oxygen atoms in total. The average Bonchev–Trinajstić information content (AvgIpc) is 2.94. The van der Waals surface area contributed by atoms with Gasteiger partial charge in [-0.25, -0.2) is 0 Å². The van der Waals surface area contributed by atoms with Gasteiger partial charge in [0.15, 0.2) is 0 Å². The highest BCUT2D eigenvalue weighted by Crippen LogP contribution is 2.34. The molecule has 2 fully saturated rings. The molecule has 2 aromatic carbocycles. The zero-order valence-electron chi connectivity index (χ0n) is 27.0. The number of benzene rings is 2. The van der Waals surface area contributed by atoms with Gasteiger partial charge in [0.1, 0.15) is 11.5 Å². The molecule has 6 N–H and O–H groups in total. The van der Waals surface area contributed by atoms with E-state index < -0.39 is 0 Å². The van der Waals surface area contributed by atoms with E-state index in [1.54, 1.807) is 0 Å². The Kier molecular flexibility index (Phi) is 9.58. The second kappa shape index (κ2) is 12.9. The van der Waals surface area contributed by atoms with Gasteiger partial charge in [-0.3, -0.25) is 0 Å². The van der Waals surface area contributed by atoms with Crippen molar-refractivity contribution in [1.29, 1.82) is 0 Å². The van der Waals surface area contributed by atoms with Gasteiger partial charge in [-0.2, -0.15) is 0 Å². The van der Waals surface area contributed by atoms with Gasteiger partial charge in [0.05, 0.1) is 0 Å². The maximum atomic E-state index is 11.5. The van der Waals surface area contributed by atoms with E-state index in [9.17, 15) is 10.2 Å². The summed E-state index contributed by atoms with van der Waals surface area (Å²) >= 11 is 0. The Hall–Kier alpha value is -2.12. The number of rotatable bonds is 0. The lowest BCUT2D eigenvalue weighted by molar-refractivity contribution is 0.275. The van der Waals surface area contributed by atoms with Crippen LogP contribution in [0.4, 0.5) is 0 Å². The molecule has 0 spiro atoms. The van der Waals surface area contributed by atoms with Crippen molar-refractivity contribution < 1.29 is 10.2 Å². The van der Waals surface area contributed by atoms with E-state index >= 15 is 0 Å². The van der Waals surface area contributed by atoms with E-state index in [4.69, 9.17) is 0 Å². The van der Waals surface area contributed by atoms with Crippen molar-refractivity contribution in [2.45, 2.75) is 154 Å². The third-order valence-corrected chi connectivity index (χ3v) is 10.0. The van der Waals surface area contributed by atoms with Gasteiger partial charge < -0.3 is 31.5 Å². The Morgan fingerprint density at radius 3 is 0.929 bits per heavy atom. The fourth-order valence-electron chi connectivity index (χ4n) is 7.13. The molecule has 0 amide bonds. The number of aromatic hydroxyl groups is 2. The first-order valence-corrected chi connectivity index (χ1v) is 16.5. The third kappa shape index (κ3) is 7.32. The van der Waals surface area contributed by atoms with E-state index in [0.29, 0.717) is 61.8 Å². The van der Waals surface area contributed by atoms with Crippen LogP contribution in [0.5, 0.6) is 11.5 Å². The minimum absolute atomic E-state index is 0.00127. The zero-order valence-corrected chi connectivity index (χ0v) is 27.0. The Morgan fingerprint density at radius 2 is 0.714 bits per heavy atom. The average molecular weight is 577 g/mol. The first kappa shape index (κ1) is 31.3. The van der Waals surface area contributed by atoms with E-state index in [2.05, 4.69) is 87.1 Å². The number of phenolic OH excluding ortho intramolecular Hbond substituents is 2. The third-order valence-electron chi connectivity index (χ3n) is 10.0. The predicted octanol–water partition coefficient (Wildman–Crippen LogP) is 6.39. The number of phenols is 2. The Bertz CT molecular complexity index is 1060. The lowest BCUT2D eigenvalue weighted by atomic mass is 9.83. The van der Waals surface area contributed by atoms with Crippen LogP contribution in [-0.4, -0.2) is 34.4 Å². The molecule has 42 heavy (non-hydrogen) atoms. The SMILES string of the molecule is CC(C)(C)c1cc2c(O)c(c1)CN[C@@H]1CCCC[C@H]1NCc1cc(C(C)(C)C)cc(c1O)CN[C@@H]1CCCC[C@H]1NC2. The highest BCUT2D eigenvalue weighted by molar-refractivity contribution is 5.47. The normalized spacial score (nSPS) is 26.4. The van der Waals surface area contributed by atoms with Crippen molar-refractivity contribution >= 4 is 0 Å². The summed E-state index contributed by atoms with van der Waals surface area (Å²) in [5.41, 5.74) is 6.49. The van der Waals surface area contributed by atoms with Crippen LogP contribution in [0.15, 0.2) is 24.3 Å². The monoisotopic (exact) mass is 576 g/mol. The molecule has 0 saturated heterocycles. The maximum absolute atomic E-state index is 11.5. The summed E-state index contributed by atoms with van der Waals surface area (Å²) < 4.78 is 0. The first-order valence-electron chi connectivity index (χ1n) is 16.5. The molecule has 2 aromatic rings. The molecule has 0 aromatic heterocycles. The summed E-state index contributed by atoms with van der Waals surface area (Å²) in [7, 11) is 0. The van der Waals surface area contributed by atoms with Crippen molar-refractivity contribution in [2.75, 3.05) is 0 Å². The molecule has 2 saturated carbocycles. The van der Waals surface area contributed by atoms with Crippen LogP contribution in [0.25, 0.3) is 0 Å². The summed E-state index contributed by atoms with van der Waals surface area (Å²) in [6.45, 7) is 16.1. The van der Waals surface area contributed by atoms with E-state index in [0.717, 1.165) is 47.9 Å². The number of hydrogen-bond acceptors (Lipinski definition) is 6. The summed E-state index contributed by atoms with van der Waals surface area (Å²) in [6, 6.07) is 10.1. The van der Waals surface area contributed by atoms with Gasteiger partial charge in [-0.05, 0) is 47.6 Å². The molecular weight excluding hydrogens is 520 g/mol. The van der Waals surface area contributed by atoms with Crippen molar-refractivity contribution in [1.82, 2.24) is 21.3 Å². The highest BCUT2D eigenvalue weighted by atomic mass is 16.3. The van der Waals surface area contributed by atoms with Gasteiger partial charge in [-0.15, -0.1) is 0 Å². The summed E-state index contributed by atoms with van der Waals surface area (Å²) in [6.07, 6.45) is 9.28. The molecule has 232 valence electrons. The molecule has 6 heteroatoms. The van der Waals surface area contributed by atoms with Crippen molar-refractivity contribution in [2.24, 2.45) is 0 Å². The fourth-order valence-corrected chi connectivity index (χ4v) is 7.13. The molecule has 3 aliphatic rings. The molecule has 1 heterocycles. The van der Waals surface area contributed by atoms with Crippen LogP contribution in [-0.2, 0) is 37.0 Å².